The van der Waals surface area contributed by atoms with Gasteiger partial charge in [0.2, 0.25) is 11.8 Å². The second-order valence-electron chi connectivity index (χ2n) is 11.8. The zero-order valence-corrected chi connectivity index (χ0v) is 31.6. The first-order valence-corrected chi connectivity index (χ1v) is 18.3. The van der Waals surface area contributed by atoms with Gasteiger partial charge in [-0.3, -0.25) is 47.9 Å². The summed E-state index contributed by atoms with van der Waals surface area (Å²) in [4.78, 5) is 81.8. The number of thiocarbonyl (C=S) groups is 2. The highest BCUT2D eigenvalue weighted by atomic mass is 32.2. The van der Waals surface area contributed by atoms with E-state index in [1.54, 1.807) is 61.6 Å². The van der Waals surface area contributed by atoms with Crippen LogP contribution in [0, 0.1) is 13.8 Å². The number of amides is 4. The summed E-state index contributed by atoms with van der Waals surface area (Å²) in [5, 5.41) is 4.50. The molecule has 2 saturated heterocycles. The van der Waals surface area contributed by atoms with Gasteiger partial charge < -0.3 is 10.6 Å². The van der Waals surface area contributed by atoms with Crippen molar-refractivity contribution >= 4 is 91.6 Å². The topological polar surface area (TPSA) is 153 Å². The quantitative estimate of drug-likeness (QED) is 0.169. The molecule has 0 aliphatic carbocycles. The number of nitrogens with one attached hydrogen (secondary N) is 2. The molecule has 6 rings (SSSR count). The summed E-state index contributed by atoms with van der Waals surface area (Å²) in [6, 6.07) is 18.0. The van der Waals surface area contributed by atoms with Gasteiger partial charge >= 0.3 is 0 Å². The van der Waals surface area contributed by atoms with Crippen LogP contribution in [-0.4, -0.2) is 73.9 Å². The number of rotatable bonds is 10. The summed E-state index contributed by atoms with van der Waals surface area (Å²) in [5.74, 6) is -0.967. The van der Waals surface area contributed by atoms with Crippen molar-refractivity contribution in [3.63, 3.8) is 0 Å². The Morgan fingerprint density at radius 3 is 1.31 bits per heavy atom. The minimum absolute atomic E-state index is 0.0633. The zero-order chi connectivity index (χ0) is 37.4. The summed E-state index contributed by atoms with van der Waals surface area (Å²) in [5.41, 5.74) is 1.87. The Labute approximate surface area is 316 Å². The highest BCUT2D eigenvalue weighted by Gasteiger charge is 2.41. The molecule has 14 nitrogen and oxygen atoms in total. The lowest BCUT2D eigenvalue weighted by molar-refractivity contribution is -0.117. The van der Waals surface area contributed by atoms with Crippen molar-refractivity contribution < 1.29 is 19.2 Å². The number of carbonyl (C=O) groups excluding carboxylic acids is 4. The maximum atomic E-state index is 13.2. The third-order valence-corrected chi connectivity index (χ3v) is 11.9. The average molecular weight is 777 g/mol. The Hall–Kier alpha value is -5.04. The molecule has 18 heteroatoms. The molecule has 0 bridgehead atoms. The standard InChI is InChI=1S/C34H32N8O6S4/c1-19-25(29(45)41(37(19)3)21-11-7-5-8-12-21)35-23(43)15-17-39-31(49)27(51-33(39)47)28-32(50)40(34(48)52-28)18-16-24(44)36-26-20(2)38(4)42(30(26)46)22-13-9-6-10-14-22/h5-14H,15-18H2,1-4H3,(H,35,43)(H,36,44). The summed E-state index contributed by atoms with van der Waals surface area (Å²) < 4.78 is 6.19. The molecule has 2 aliphatic rings. The average Bonchev–Trinajstić information content (AvgIpc) is 3.72. The van der Waals surface area contributed by atoms with Gasteiger partial charge in [0.1, 0.15) is 21.4 Å². The maximum absolute atomic E-state index is 13.2. The number of benzene rings is 2. The lowest BCUT2D eigenvalue weighted by Crippen LogP contribution is -2.32. The van der Waals surface area contributed by atoms with Crippen LogP contribution in [0.4, 0.5) is 21.0 Å². The molecule has 2 aromatic heterocycles. The Balaban J connectivity index is 1.07. The Bertz CT molecular complexity index is 2160. The Kier molecular flexibility index (Phi) is 10.5. The predicted molar refractivity (Wildman–Crippen MR) is 210 cm³/mol. The SMILES string of the molecule is Cc1c(NC(=O)CCN2C(=O)SC(=C3SC(=O)N(CCC(=O)Nc4c(C)n(C)n(-c5ccccc5)c4=O)C3=S)C2=S)c(=O)n(-c2ccccc2)n1C. The molecule has 2 aliphatic heterocycles. The third kappa shape index (κ3) is 6.81. The van der Waals surface area contributed by atoms with Crippen molar-refractivity contribution in [2.45, 2.75) is 26.7 Å². The number of aromatic nitrogens is 4. The molecular formula is C34H32N8O6S4. The van der Waals surface area contributed by atoms with Gasteiger partial charge in [0.05, 0.1) is 32.6 Å². The van der Waals surface area contributed by atoms with E-state index in [4.69, 9.17) is 24.4 Å². The van der Waals surface area contributed by atoms with Crippen LogP contribution in [0.3, 0.4) is 0 Å². The van der Waals surface area contributed by atoms with Crippen molar-refractivity contribution in [1.82, 2.24) is 28.5 Å². The molecule has 0 spiro atoms. The van der Waals surface area contributed by atoms with Crippen LogP contribution in [-0.2, 0) is 23.7 Å². The van der Waals surface area contributed by atoms with Gasteiger partial charge in [-0.15, -0.1) is 0 Å². The van der Waals surface area contributed by atoms with E-state index in [0.717, 1.165) is 23.5 Å². The molecule has 4 amide bonds. The predicted octanol–water partition coefficient (Wildman–Crippen LogP) is 4.84. The lowest BCUT2D eigenvalue weighted by Gasteiger charge is -2.15. The largest absolute Gasteiger partial charge is 0.320 e. The number of para-hydroxylation sites is 2. The van der Waals surface area contributed by atoms with Crippen LogP contribution in [0.25, 0.3) is 11.4 Å². The van der Waals surface area contributed by atoms with E-state index in [1.165, 1.54) is 19.2 Å². The van der Waals surface area contributed by atoms with Gasteiger partial charge in [-0.05, 0) is 61.6 Å². The van der Waals surface area contributed by atoms with Crippen LogP contribution in [0.1, 0.15) is 24.2 Å². The van der Waals surface area contributed by atoms with E-state index in [-0.39, 0.29) is 47.3 Å². The molecule has 0 radical (unpaired) electrons. The molecule has 0 unspecified atom stereocenters. The fraction of sp³-hybridized carbons (Fsp3) is 0.235. The molecule has 0 saturated carbocycles. The molecule has 2 aromatic carbocycles. The van der Waals surface area contributed by atoms with Crippen LogP contribution < -0.4 is 21.8 Å². The number of anilines is 2. The number of thioether (sulfide) groups is 2. The molecule has 4 aromatic rings. The van der Waals surface area contributed by atoms with Gasteiger partial charge in [0, 0.05) is 40.0 Å². The summed E-state index contributed by atoms with van der Waals surface area (Å²) in [7, 11) is 3.43. The summed E-state index contributed by atoms with van der Waals surface area (Å²) in [6.07, 6.45) is -0.299. The Morgan fingerprint density at radius 1 is 0.615 bits per heavy atom. The van der Waals surface area contributed by atoms with Crippen molar-refractivity contribution in [2.75, 3.05) is 23.7 Å². The lowest BCUT2D eigenvalue weighted by atomic mass is 10.3. The molecule has 268 valence electrons. The molecule has 4 heterocycles. The molecule has 52 heavy (non-hydrogen) atoms. The molecule has 0 atom stereocenters. The van der Waals surface area contributed by atoms with Crippen molar-refractivity contribution in [1.29, 1.82) is 0 Å². The van der Waals surface area contributed by atoms with Crippen molar-refractivity contribution in [3.8, 4) is 11.4 Å². The second kappa shape index (κ2) is 14.9. The zero-order valence-electron chi connectivity index (χ0n) is 28.4. The molecule has 2 fully saturated rings. The van der Waals surface area contributed by atoms with Gasteiger partial charge in [0.15, 0.2) is 0 Å². The van der Waals surface area contributed by atoms with E-state index in [2.05, 4.69) is 10.6 Å². The highest BCUT2D eigenvalue weighted by Crippen LogP contribution is 2.43. The summed E-state index contributed by atoms with van der Waals surface area (Å²) in [6.45, 7) is 3.31. The Morgan fingerprint density at radius 2 is 0.962 bits per heavy atom. The monoisotopic (exact) mass is 776 g/mol. The number of hydrogen-bond donors (Lipinski definition) is 2. The van der Waals surface area contributed by atoms with Crippen LogP contribution in [0.5, 0.6) is 0 Å². The fourth-order valence-corrected chi connectivity index (χ4v) is 8.72. The first kappa shape index (κ1) is 36.7. The van der Waals surface area contributed by atoms with Gasteiger partial charge in [0.25, 0.3) is 21.6 Å². The van der Waals surface area contributed by atoms with Gasteiger partial charge in [-0.2, -0.15) is 0 Å². The van der Waals surface area contributed by atoms with Crippen LogP contribution in [0.2, 0.25) is 0 Å². The first-order valence-electron chi connectivity index (χ1n) is 15.9. The summed E-state index contributed by atoms with van der Waals surface area (Å²) >= 11 is 12.8. The van der Waals surface area contributed by atoms with E-state index in [1.807, 2.05) is 36.4 Å². The maximum Gasteiger partial charge on any atom is 0.295 e. The van der Waals surface area contributed by atoms with Crippen molar-refractivity contribution in [2.24, 2.45) is 14.1 Å². The smallest absolute Gasteiger partial charge is 0.295 e. The minimum Gasteiger partial charge on any atom is -0.320 e. The number of hydrogen-bond acceptors (Lipinski definition) is 10. The number of carbonyl (C=O) groups is 4. The van der Waals surface area contributed by atoms with Crippen molar-refractivity contribution in [3.05, 3.63) is 103 Å². The normalized spacial score (nSPS) is 16.0. The van der Waals surface area contributed by atoms with Crippen LogP contribution in [0.15, 0.2) is 80.1 Å². The van der Waals surface area contributed by atoms with Gasteiger partial charge in [-0.1, -0.05) is 60.8 Å². The van der Waals surface area contributed by atoms with E-state index in [0.29, 0.717) is 32.6 Å². The second-order valence-corrected chi connectivity index (χ2v) is 14.5. The number of nitrogens with zero attached hydrogens (tertiary/aromatic N) is 6. The first-order chi connectivity index (χ1) is 24.8. The minimum atomic E-state index is -0.484. The third-order valence-electron chi connectivity index (χ3n) is 8.67. The van der Waals surface area contributed by atoms with E-state index < -0.39 is 33.4 Å². The highest BCUT2D eigenvalue weighted by molar-refractivity contribution is 8.23. The van der Waals surface area contributed by atoms with E-state index >= 15 is 0 Å². The van der Waals surface area contributed by atoms with E-state index in [9.17, 15) is 28.8 Å². The molecule has 2 N–H and O–H groups in total. The fourth-order valence-electron chi connectivity index (χ4n) is 5.71. The van der Waals surface area contributed by atoms with Gasteiger partial charge in [-0.25, -0.2) is 9.36 Å². The van der Waals surface area contributed by atoms with Crippen LogP contribution >= 0.6 is 48.0 Å². The molecular weight excluding hydrogens is 745 g/mol.